The van der Waals surface area contributed by atoms with Crippen LogP contribution in [0.5, 0.6) is 0 Å². The summed E-state index contributed by atoms with van der Waals surface area (Å²) in [5, 5.41) is 0. The van der Waals surface area contributed by atoms with Gasteiger partial charge in [0.2, 0.25) is 11.8 Å². The number of piperazine rings is 1. The Morgan fingerprint density at radius 3 is 2.42 bits per heavy atom. The van der Waals surface area contributed by atoms with Crippen molar-refractivity contribution in [1.82, 2.24) is 9.80 Å². The lowest BCUT2D eigenvalue weighted by Gasteiger charge is -2.42. The molecule has 2 heterocycles. The molecule has 130 valence electrons. The number of carbonyl (C=O) groups is 2. The Morgan fingerprint density at radius 1 is 1.08 bits per heavy atom. The number of hydrogen-bond acceptors (Lipinski definition) is 4. The fraction of sp³-hybridized carbons (Fsp3) is 0.556. The average molecular weight is 331 g/mol. The van der Waals surface area contributed by atoms with Gasteiger partial charge >= 0.3 is 0 Å². The molecule has 0 aromatic heterocycles. The van der Waals surface area contributed by atoms with Gasteiger partial charge < -0.3 is 19.4 Å². The zero-order chi connectivity index (χ0) is 17.1. The maximum Gasteiger partial charge on any atom is 0.248 e. The van der Waals surface area contributed by atoms with Gasteiger partial charge in [0.1, 0.15) is 6.61 Å². The highest BCUT2D eigenvalue weighted by Gasteiger charge is 2.31. The third kappa shape index (κ3) is 3.70. The Hall–Kier alpha value is -2.08. The molecule has 0 saturated carbocycles. The predicted octanol–water partition coefficient (Wildman–Crippen LogP) is 0.971. The maximum atomic E-state index is 12.3. The van der Waals surface area contributed by atoms with Crippen molar-refractivity contribution >= 4 is 17.5 Å². The molecule has 2 aliphatic heterocycles. The fourth-order valence-corrected chi connectivity index (χ4v) is 3.27. The van der Waals surface area contributed by atoms with Gasteiger partial charge in [-0.05, 0) is 19.1 Å². The molecule has 1 atom stereocenters. The Bertz CT molecular complexity index is 586. The first kappa shape index (κ1) is 16.8. The number of ether oxygens (including phenoxy) is 1. The quantitative estimate of drug-likeness (QED) is 0.825. The van der Waals surface area contributed by atoms with E-state index in [1.807, 2.05) is 23.1 Å². The summed E-state index contributed by atoms with van der Waals surface area (Å²) in [7, 11) is 0. The lowest BCUT2D eigenvalue weighted by Crippen LogP contribution is -2.56. The monoisotopic (exact) mass is 331 g/mol. The van der Waals surface area contributed by atoms with E-state index in [0.717, 1.165) is 6.54 Å². The number of carbonyl (C=O) groups excluding carboxylic acids is 2. The van der Waals surface area contributed by atoms with E-state index in [9.17, 15) is 9.59 Å². The smallest absolute Gasteiger partial charge is 0.248 e. The molecule has 2 saturated heterocycles. The second kappa shape index (κ2) is 7.21. The van der Waals surface area contributed by atoms with E-state index in [-0.39, 0.29) is 30.6 Å². The molecule has 1 aromatic rings. The molecule has 24 heavy (non-hydrogen) atoms. The Kier molecular flexibility index (Phi) is 5.04. The largest absolute Gasteiger partial charge is 0.365 e. The molecule has 3 rings (SSSR count). The first-order valence-electron chi connectivity index (χ1n) is 8.51. The number of benzene rings is 1. The summed E-state index contributed by atoms with van der Waals surface area (Å²) in [5.74, 6) is 0.0999. The summed E-state index contributed by atoms with van der Waals surface area (Å²) < 4.78 is 5.62. The summed E-state index contributed by atoms with van der Waals surface area (Å²) >= 11 is 0. The summed E-state index contributed by atoms with van der Waals surface area (Å²) in [6, 6.07) is 10.6. The van der Waals surface area contributed by atoms with E-state index in [2.05, 4.69) is 24.0 Å². The van der Waals surface area contributed by atoms with Gasteiger partial charge in [0, 0.05) is 51.4 Å². The molecule has 6 nitrogen and oxygen atoms in total. The minimum absolute atomic E-state index is 0.000816. The number of likely N-dealkylation sites (tertiary alicyclic amines) is 1. The van der Waals surface area contributed by atoms with Crippen molar-refractivity contribution in [2.24, 2.45) is 0 Å². The second-order valence-corrected chi connectivity index (χ2v) is 6.57. The van der Waals surface area contributed by atoms with E-state index < -0.39 is 0 Å². The van der Waals surface area contributed by atoms with Crippen molar-refractivity contribution in [2.45, 2.75) is 26.0 Å². The van der Waals surface area contributed by atoms with Gasteiger partial charge in [0.25, 0.3) is 0 Å². The first-order valence-corrected chi connectivity index (χ1v) is 8.51. The minimum Gasteiger partial charge on any atom is -0.365 e. The summed E-state index contributed by atoms with van der Waals surface area (Å²) in [6.45, 7) is 7.25. The Balaban J connectivity index is 1.44. The molecule has 1 aromatic carbocycles. The fourth-order valence-electron chi connectivity index (χ4n) is 3.27. The molecule has 2 fully saturated rings. The molecule has 0 spiro atoms. The number of rotatable bonds is 4. The minimum atomic E-state index is 0.000816. The molecule has 0 N–H and O–H groups in total. The van der Waals surface area contributed by atoms with Crippen LogP contribution in [0.15, 0.2) is 30.3 Å². The highest BCUT2D eigenvalue weighted by molar-refractivity contribution is 5.78. The van der Waals surface area contributed by atoms with E-state index >= 15 is 0 Å². The molecule has 0 radical (unpaired) electrons. The van der Waals surface area contributed by atoms with Crippen molar-refractivity contribution in [1.29, 1.82) is 0 Å². The van der Waals surface area contributed by atoms with Crippen LogP contribution in [-0.2, 0) is 14.3 Å². The molecule has 0 bridgehead atoms. The molecule has 6 heteroatoms. The van der Waals surface area contributed by atoms with E-state index in [4.69, 9.17) is 4.74 Å². The SMILES string of the molecule is CC(=O)N1CC(OCC(=O)N2CCN(c3ccccc3)C(C)C2)C1. The van der Waals surface area contributed by atoms with E-state index in [1.54, 1.807) is 11.8 Å². The van der Waals surface area contributed by atoms with Crippen LogP contribution in [0.3, 0.4) is 0 Å². The molecule has 0 aliphatic carbocycles. The summed E-state index contributed by atoms with van der Waals surface area (Å²) in [4.78, 5) is 29.4. The highest BCUT2D eigenvalue weighted by Crippen LogP contribution is 2.20. The number of para-hydroxylation sites is 1. The van der Waals surface area contributed by atoms with Crippen LogP contribution in [-0.4, -0.2) is 73.1 Å². The number of anilines is 1. The van der Waals surface area contributed by atoms with Gasteiger partial charge in [0.15, 0.2) is 0 Å². The van der Waals surface area contributed by atoms with E-state index in [0.29, 0.717) is 26.2 Å². The van der Waals surface area contributed by atoms with Gasteiger partial charge in [-0.25, -0.2) is 0 Å². The summed E-state index contributed by atoms with van der Waals surface area (Å²) in [5.41, 5.74) is 1.20. The molecule has 2 amide bonds. The number of amides is 2. The third-order valence-electron chi connectivity index (χ3n) is 4.80. The summed E-state index contributed by atoms with van der Waals surface area (Å²) in [6.07, 6.45) is 0.000816. The van der Waals surface area contributed by atoms with Crippen molar-refractivity contribution < 1.29 is 14.3 Å². The lowest BCUT2D eigenvalue weighted by atomic mass is 10.1. The van der Waals surface area contributed by atoms with Gasteiger partial charge in [0.05, 0.1) is 6.10 Å². The molecule has 1 unspecified atom stereocenters. The average Bonchev–Trinajstić information content (AvgIpc) is 2.53. The van der Waals surface area contributed by atoms with Crippen LogP contribution >= 0.6 is 0 Å². The second-order valence-electron chi connectivity index (χ2n) is 6.57. The van der Waals surface area contributed by atoms with Gasteiger partial charge in [-0.3, -0.25) is 9.59 Å². The molecular weight excluding hydrogens is 306 g/mol. The maximum absolute atomic E-state index is 12.3. The topological polar surface area (TPSA) is 53.1 Å². The van der Waals surface area contributed by atoms with Crippen LogP contribution in [0.25, 0.3) is 0 Å². The Labute approximate surface area is 143 Å². The van der Waals surface area contributed by atoms with Crippen LogP contribution in [0.1, 0.15) is 13.8 Å². The van der Waals surface area contributed by atoms with Crippen molar-refractivity contribution in [2.75, 3.05) is 44.2 Å². The molecular formula is C18H25N3O3. The standard InChI is InChI=1S/C18H25N3O3/c1-14-10-19(8-9-21(14)16-6-4-3-5-7-16)18(23)13-24-17-11-20(12-17)15(2)22/h3-7,14,17H,8-13H2,1-2H3. The lowest BCUT2D eigenvalue weighted by molar-refractivity contribution is -0.150. The van der Waals surface area contributed by atoms with Crippen molar-refractivity contribution in [3.05, 3.63) is 30.3 Å². The zero-order valence-electron chi connectivity index (χ0n) is 14.4. The van der Waals surface area contributed by atoms with Crippen molar-refractivity contribution in [3.63, 3.8) is 0 Å². The van der Waals surface area contributed by atoms with Crippen molar-refractivity contribution in [3.8, 4) is 0 Å². The predicted molar refractivity (Wildman–Crippen MR) is 91.8 cm³/mol. The van der Waals surface area contributed by atoms with Gasteiger partial charge in [-0.15, -0.1) is 0 Å². The van der Waals surface area contributed by atoms with Gasteiger partial charge in [-0.1, -0.05) is 18.2 Å². The Morgan fingerprint density at radius 2 is 1.79 bits per heavy atom. The number of hydrogen-bond donors (Lipinski definition) is 0. The first-order chi connectivity index (χ1) is 11.5. The normalized spacial score (nSPS) is 21.6. The van der Waals surface area contributed by atoms with Gasteiger partial charge in [-0.2, -0.15) is 0 Å². The van der Waals surface area contributed by atoms with Crippen LogP contribution in [0.2, 0.25) is 0 Å². The third-order valence-corrected chi connectivity index (χ3v) is 4.80. The molecule has 2 aliphatic rings. The van der Waals surface area contributed by atoms with Crippen LogP contribution in [0.4, 0.5) is 5.69 Å². The van der Waals surface area contributed by atoms with E-state index in [1.165, 1.54) is 5.69 Å². The zero-order valence-corrected chi connectivity index (χ0v) is 14.4. The highest BCUT2D eigenvalue weighted by atomic mass is 16.5. The van der Waals surface area contributed by atoms with Crippen LogP contribution in [0, 0.1) is 0 Å². The van der Waals surface area contributed by atoms with Crippen LogP contribution < -0.4 is 4.90 Å². The number of nitrogens with zero attached hydrogens (tertiary/aromatic N) is 3.